The topological polar surface area (TPSA) is 74.6 Å². The summed E-state index contributed by atoms with van der Waals surface area (Å²) in [6, 6.07) is 0.951. The molecular weight excluding hydrogens is 344 g/mol. The Bertz CT molecular complexity index is 942. The highest BCUT2D eigenvalue weighted by Gasteiger charge is 2.28. The molecule has 3 rings (SSSR count). The largest absolute Gasteiger partial charge is 0.477 e. The number of piperazine rings is 1. The summed E-state index contributed by atoms with van der Waals surface area (Å²) in [4.78, 5) is 25.5. The van der Waals surface area contributed by atoms with Gasteiger partial charge in [-0.05, 0) is 26.8 Å². The molecule has 0 unspecified atom stereocenters. The molecule has 0 spiro atoms. The number of pyridine rings is 1. The van der Waals surface area contributed by atoms with Crippen LogP contribution in [0.4, 0.5) is 14.5 Å². The average Bonchev–Trinajstić information content (AvgIpc) is 2.55. The van der Waals surface area contributed by atoms with Gasteiger partial charge in [-0.1, -0.05) is 0 Å². The van der Waals surface area contributed by atoms with E-state index in [9.17, 15) is 19.1 Å². The molecule has 0 atom stereocenters. The van der Waals surface area contributed by atoms with E-state index >= 15 is 4.39 Å². The van der Waals surface area contributed by atoms with E-state index in [0.717, 1.165) is 12.3 Å². The molecule has 2 heterocycles. The molecule has 140 valence electrons. The molecule has 1 aromatic heterocycles. The van der Waals surface area contributed by atoms with E-state index in [2.05, 4.69) is 5.32 Å². The molecule has 26 heavy (non-hydrogen) atoms. The quantitative estimate of drug-likeness (QED) is 0.853. The summed E-state index contributed by atoms with van der Waals surface area (Å²) in [6.07, 6.45) is 1.13. The highest BCUT2D eigenvalue weighted by molar-refractivity contribution is 5.94. The second-order valence-corrected chi connectivity index (χ2v) is 7.37. The summed E-state index contributed by atoms with van der Waals surface area (Å²) in [5, 5.41) is 12.1. The zero-order valence-corrected chi connectivity index (χ0v) is 14.9. The Kier molecular flexibility index (Phi) is 4.47. The van der Waals surface area contributed by atoms with Crippen LogP contribution in [0, 0.1) is 11.6 Å². The third-order valence-corrected chi connectivity index (χ3v) is 4.54. The summed E-state index contributed by atoms with van der Waals surface area (Å²) in [5.74, 6) is -3.13. The summed E-state index contributed by atoms with van der Waals surface area (Å²) < 4.78 is 31.5. The predicted molar refractivity (Wildman–Crippen MR) is 95.2 cm³/mol. The number of carboxylic acid groups (broad SMARTS) is 1. The van der Waals surface area contributed by atoms with Crippen LogP contribution in [0.15, 0.2) is 17.1 Å². The smallest absolute Gasteiger partial charge is 0.341 e. The molecule has 1 aliphatic heterocycles. The number of hydrogen-bond donors (Lipinski definition) is 2. The van der Waals surface area contributed by atoms with Crippen LogP contribution in [-0.4, -0.2) is 41.8 Å². The van der Waals surface area contributed by atoms with Crippen molar-refractivity contribution >= 4 is 22.6 Å². The van der Waals surface area contributed by atoms with Gasteiger partial charge in [-0.2, -0.15) is 0 Å². The van der Waals surface area contributed by atoms with Crippen molar-refractivity contribution in [2.24, 2.45) is 0 Å². The van der Waals surface area contributed by atoms with Gasteiger partial charge in [-0.3, -0.25) is 4.79 Å². The van der Waals surface area contributed by atoms with Gasteiger partial charge in [-0.15, -0.1) is 0 Å². The second-order valence-electron chi connectivity index (χ2n) is 7.37. The zero-order valence-electron chi connectivity index (χ0n) is 14.9. The summed E-state index contributed by atoms with van der Waals surface area (Å²) >= 11 is 0. The number of rotatable bonds is 2. The van der Waals surface area contributed by atoms with E-state index in [1.54, 1.807) is 25.7 Å². The Morgan fingerprint density at radius 2 is 1.85 bits per heavy atom. The van der Waals surface area contributed by atoms with Crippen LogP contribution >= 0.6 is 0 Å². The first kappa shape index (κ1) is 18.3. The van der Waals surface area contributed by atoms with Crippen LogP contribution in [0.25, 0.3) is 10.9 Å². The number of benzene rings is 1. The average molecular weight is 365 g/mol. The number of halogens is 2. The standard InChI is InChI=1S/C18H21F2N3O3/c1-18(2,3)23-9-11(17(25)26)16(24)10-8-12(19)15(13(20)14(10)23)22-6-4-21-5-7-22/h8-9,21H,4-7H2,1-3H3,(H,25,26). The van der Waals surface area contributed by atoms with Gasteiger partial charge in [0, 0.05) is 37.9 Å². The van der Waals surface area contributed by atoms with E-state index in [0.29, 0.717) is 26.2 Å². The van der Waals surface area contributed by atoms with Gasteiger partial charge >= 0.3 is 5.97 Å². The molecule has 0 aliphatic carbocycles. The van der Waals surface area contributed by atoms with Gasteiger partial charge in [0.15, 0.2) is 5.82 Å². The maximum atomic E-state index is 15.4. The van der Waals surface area contributed by atoms with Gasteiger partial charge in [0.05, 0.1) is 10.9 Å². The van der Waals surface area contributed by atoms with Crippen molar-refractivity contribution in [3.8, 4) is 0 Å². The number of hydrogen-bond acceptors (Lipinski definition) is 4. The molecule has 1 saturated heterocycles. The second kappa shape index (κ2) is 6.35. The van der Waals surface area contributed by atoms with Crippen LogP contribution in [0.5, 0.6) is 0 Å². The molecule has 0 amide bonds. The highest BCUT2D eigenvalue weighted by Crippen LogP contribution is 2.32. The SMILES string of the molecule is CC(C)(C)n1cc(C(=O)O)c(=O)c2cc(F)c(N3CCNCC3)c(F)c21. The fourth-order valence-electron chi connectivity index (χ4n) is 3.26. The van der Waals surface area contributed by atoms with Crippen molar-refractivity contribution in [3.63, 3.8) is 0 Å². The Morgan fingerprint density at radius 1 is 1.23 bits per heavy atom. The van der Waals surface area contributed by atoms with E-state index in [-0.39, 0.29) is 16.6 Å². The molecule has 1 aromatic carbocycles. The summed E-state index contributed by atoms with van der Waals surface area (Å²) in [5.41, 5.74) is -2.38. The lowest BCUT2D eigenvalue weighted by Crippen LogP contribution is -2.44. The Hall–Kier alpha value is -2.48. The first-order chi connectivity index (χ1) is 12.1. The fraction of sp³-hybridized carbons (Fsp3) is 0.444. The Morgan fingerprint density at radius 3 is 2.38 bits per heavy atom. The van der Waals surface area contributed by atoms with Gasteiger partial charge in [0.2, 0.25) is 5.43 Å². The number of aromatic carboxylic acids is 1. The van der Waals surface area contributed by atoms with Crippen molar-refractivity contribution in [1.82, 2.24) is 9.88 Å². The van der Waals surface area contributed by atoms with Crippen molar-refractivity contribution in [2.75, 3.05) is 31.1 Å². The first-order valence-electron chi connectivity index (χ1n) is 8.39. The highest BCUT2D eigenvalue weighted by atomic mass is 19.1. The molecule has 0 bridgehead atoms. The van der Waals surface area contributed by atoms with Crippen molar-refractivity contribution < 1.29 is 18.7 Å². The number of anilines is 1. The molecular formula is C18H21F2N3O3. The number of nitrogens with zero attached hydrogens (tertiary/aromatic N) is 2. The van der Waals surface area contributed by atoms with Gasteiger partial charge in [0.1, 0.15) is 17.1 Å². The fourth-order valence-corrected chi connectivity index (χ4v) is 3.26. The first-order valence-corrected chi connectivity index (χ1v) is 8.39. The van der Waals surface area contributed by atoms with Crippen molar-refractivity contribution in [3.05, 3.63) is 39.7 Å². The van der Waals surface area contributed by atoms with Crippen molar-refractivity contribution in [2.45, 2.75) is 26.3 Å². The summed E-state index contributed by atoms with van der Waals surface area (Å²) in [6.45, 7) is 7.35. The normalized spacial score (nSPS) is 15.5. The minimum atomic E-state index is -1.43. The monoisotopic (exact) mass is 365 g/mol. The maximum absolute atomic E-state index is 15.4. The van der Waals surface area contributed by atoms with Gasteiger partial charge < -0.3 is 19.9 Å². The minimum absolute atomic E-state index is 0.0811. The molecule has 1 fully saturated rings. The lowest BCUT2D eigenvalue weighted by molar-refractivity contribution is 0.0694. The number of carbonyl (C=O) groups is 1. The van der Waals surface area contributed by atoms with Crippen LogP contribution in [-0.2, 0) is 5.54 Å². The number of fused-ring (bicyclic) bond motifs is 1. The van der Waals surface area contributed by atoms with Crippen LogP contribution in [0.1, 0.15) is 31.1 Å². The van der Waals surface area contributed by atoms with E-state index in [1.807, 2.05) is 0 Å². The molecule has 0 saturated carbocycles. The molecule has 1 aliphatic rings. The Balaban J connectivity index is 2.42. The molecule has 0 radical (unpaired) electrons. The van der Waals surface area contributed by atoms with Crippen LogP contribution < -0.4 is 15.6 Å². The number of carboxylic acids is 1. The van der Waals surface area contributed by atoms with Gasteiger partial charge in [-0.25, -0.2) is 13.6 Å². The third-order valence-electron chi connectivity index (χ3n) is 4.54. The lowest BCUT2D eigenvalue weighted by Gasteiger charge is -2.32. The van der Waals surface area contributed by atoms with E-state index in [4.69, 9.17) is 0 Å². The molecule has 2 N–H and O–H groups in total. The van der Waals surface area contributed by atoms with Crippen LogP contribution in [0.2, 0.25) is 0 Å². The minimum Gasteiger partial charge on any atom is -0.477 e. The lowest BCUT2D eigenvalue weighted by atomic mass is 10.0. The predicted octanol–water partition coefficient (Wildman–Crippen LogP) is 2.14. The summed E-state index contributed by atoms with van der Waals surface area (Å²) in [7, 11) is 0. The van der Waals surface area contributed by atoms with E-state index < -0.39 is 34.1 Å². The van der Waals surface area contributed by atoms with Crippen LogP contribution in [0.3, 0.4) is 0 Å². The molecule has 2 aromatic rings. The zero-order chi connectivity index (χ0) is 19.2. The van der Waals surface area contributed by atoms with Gasteiger partial charge in [0.25, 0.3) is 0 Å². The maximum Gasteiger partial charge on any atom is 0.341 e. The molecule has 8 heteroatoms. The van der Waals surface area contributed by atoms with Crippen molar-refractivity contribution in [1.29, 1.82) is 0 Å². The Labute approximate surface area is 149 Å². The number of nitrogens with one attached hydrogen (secondary N) is 1. The number of aromatic nitrogens is 1. The van der Waals surface area contributed by atoms with E-state index in [1.165, 1.54) is 4.57 Å². The molecule has 6 nitrogen and oxygen atoms in total. The third kappa shape index (κ3) is 2.94.